The minimum Gasteiger partial charge on any atom is -0.439 e. The summed E-state index contributed by atoms with van der Waals surface area (Å²) in [5.74, 6) is -2.72. The number of sulfonamides is 1. The van der Waals surface area contributed by atoms with Gasteiger partial charge in [0.15, 0.2) is 6.61 Å². The Bertz CT molecular complexity index is 946. The molecule has 2 aromatic rings. The molecule has 1 unspecified atom stereocenters. The fourth-order valence-electron chi connectivity index (χ4n) is 2.58. The largest absolute Gasteiger partial charge is 0.439 e. The number of nitrogens with zero attached hydrogens (tertiary/aromatic N) is 1. The first-order valence-corrected chi connectivity index (χ1v) is 9.25. The number of hydrogen-bond donors (Lipinski definition) is 1. The Morgan fingerprint density at radius 2 is 1.70 bits per heavy atom. The number of benzene rings is 2. The minimum atomic E-state index is -4.35. The summed E-state index contributed by atoms with van der Waals surface area (Å²) in [4.78, 5) is 23.6. The molecule has 2 amide bonds. The van der Waals surface area contributed by atoms with Crippen molar-refractivity contribution in [1.82, 2.24) is 9.62 Å². The Hall–Kier alpha value is -2.85. The molecule has 1 atom stereocenters. The molecule has 0 aromatic heterocycles. The van der Waals surface area contributed by atoms with Crippen LogP contribution in [0.5, 0.6) is 0 Å². The van der Waals surface area contributed by atoms with Crippen molar-refractivity contribution < 1.29 is 31.5 Å². The van der Waals surface area contributed by atoms with Crippen LogP contribution >= 0.6 is 0 Å². The zero-order valence-corrected chi connectivity index (χ0v) is 14.6. The van der Waals surface area contributed by atoms with Gasteiger partial charge in [-0.1, -0.05) is 30.3 Å². The predicted molar refractivity (Wildman–Crippen MR) is 88.9 cm³/mol. The number of amides is 2. The molecular weight excluding hydrogens is 382 g/mol. The summed E-state index contributed by atoms with van der Waals surface area (Å²) in [7, 11) is -4.35. The number of ether oxygens (including phenoxy) is 1. The van der Waals surface area contributed by atoms with Crippen LogP contribution in [0.15, 0.2) is 53.4 Å². The van der Waals surface area contributed by atoms with E-state index in [1.54, 1.807) is 30.3 Å². The average molecular weight is 396 g/mol. The molecule has 27 heavy (non-hydrogen) atoms. The fraction of sp³-hybridized carbons (Fsp3) is 0.176. The number of rotatable bonds is 6. The van der Waals surface area contributed by atoms with Crippen LogP contribution in [0.2, 0.25) is 0 Å². The molecule has 1 heterocycles. The molecule has 142 valence electrons. The van der Waals surface area contributed by atoms with E-state index in [2.05, 4.69) is 9.46 Å². The summed E-state index contributed by atoms with van der Waals surface area (Å²) in [6, 6.07) is 9.00. The molecule has 0 saturated carbocycles. The summed E-state index contributed by atoms with van der Waals surface area (Å²) < 4.78 is 58.9. The topological polar surface area (TPSA) is 92.8 Å². The van der Waals surface area contributed by atoms with Crippen molar-refractivity contribution in [2.75, 3.05) is 13.2 Å². The molecular formula is C17H14F2N2O5S. The summed E-state index contributed by atoms with van der Waals surface area (Å²) in [6.07, 6.45) is -0.892. The van der Waals surface area contributed by atoms with Gasteiger partial charge >= 0.3 is 6.09 Å². The highest BCUT2D eigenvalue weighted by Crippen LogP contribution is 2.21. The van der Waals surface area contributed by atoms with Crippen LogP contribution in [-0.2, 0) is 19.6 Å². The fourth-order valence-corrected chi connectivity index (χ4v) is 3.83. The molecule has 1 N–H and O–H groups in total. The first-order valence-electron chi connectivity index (χ1n) is 7.77. The number of carbonyl (C=O) groups excluding carboxylic acids is 2. The lowest BCUT2D eigenvalue weighted by Crippen LogP contribution is -2.40. The summed E-state index contributed by atoms with van der Waals surface area (Å²) in [6.45, 7) is -0.763. The van der Waals surface area contributed by atoms with E-state index in [1.807, 2.05) is 0 Å². The molecule has 7 nitrogen and oxygen atoms in total. The number of hydrogen-bond acceptors (Lipinski definition) is 5. The van der Waals surface area contributed by atoms with Crippen molar-refractivity contribution in [3.05, 3.63) is 65.7 Å². The van der Waals surface area contributed by atoms with E-state index in [9.17, 15) is 26.8 Å². The van der Waals surface area contributed by atoms with Crippen molar-refractivity contribution in [1.29, 1.82) is 0 Å². The van der Waals surface area contributed by atoms with Crippen LogP contribution in [0.4, 0.5) is 13.6 Å². The Morgan fingerprint density at radius 1 is 1.07 bits per heavy atom. The van der Waals surface area contributed by atoms with Crippen molar-refractivity contribution >= 4 is 22.0 Å². The molecule has 3 rings (SSSR count). The zero-order valence-electron chi connectivity index (χ0n) is 13.8. The third kappa shape index (κ3) is 4.29. The van der Waals surface area contributed by atoms with Gasteiger partial charge in [-0.05, 0) is 17.7 Å². The first-order chi connectivity index (χ1) is 12.8. The quantitative estimate of drug-likeness (QED) is 0.806. The smallest absolute Gasteiger partial charge is 0.417 e. The highest BCUT2D eigenvalue weighted by atomic mass is 32.2. The van der Waals surface area contributed by atoms with E-state index in [4.69, 9.17) is 0 Å². The lowest BCUT2D eigenvalue weighted by Gasteiger charge is -2.22. The second-order valence-electron chi connectivity index (χ2n) is 5.75. The number of imide groups is 1. The maximum Gasteiger partial charge on any atom is 0.417 e. The van der Waals surface area contributed by atoms with E-state index in [-0.39, 0.29) is 6.54 Å². The van der Waals surface area contributed by atoms with Gasteiger partial charge in [-0.25, -0.2) is 31.6 Å². The summed E-state index contributed by atoms with van der Waals surface area (Å²) in [5, 5.41) is 0. The molecule has 0 aliphatic carbocycles. The third-order valence-corrected chi connectivity index (χ3v) is 5.30. The molecule has 0 bridgehead atoms. The van der Waals surface area contributed by atoms with Crippen LogP contribution in [0.1, 0.15) is 11.6 Å². The molecule has 10 heteroatoms. The van der Waals surface area contributed by atoms with E-state index >= 15 is 0 Å². The van der Waals surface area contributed by atoms with E-state index in [0.29, 0.717) is 23.8 Å². The Morgan fingerprint density at radius 3 is 2.26 bits per heavy atom. The van der Waals surface area contributed by atoms with Gasteiger partial charge in [-0.15, -0.1) is 0 Å². The van der Waals surface area contributed by atoms with Crippen LogP contribution in [-0.4, -0.2) is 38.5 Å². The van der Waals surface area contributed by atoms with Gasteiger partial charge < -0.3 is 4.74 Å². The van der Waals surface area contributed by atoms with Crippen LogP contribution in [0.3, 0.4) is 0 Å². The van der Waals surface area contributed by atoms with Crippen LogP contribution in [0, 0.1) is 11.6 Å². The van der Waals surface area contributed by atoms with Gasteiger partial charge in [0.05, 0.1) is 17.5 Å². The number of nitrogens with one attached hydrogen (secondary N) is 1. The van der Waals surface area contributed by atoms with Crippen molar-refractivity contribution in [2.24, 2.45) is 0 Å². The van der Waals surface area contributed by atoms with Crippen molar-refractivity contribution in [2.45, 2.75) is 10.9 Å². The molecule has 1 fully saturated rings. The molecule has 2 aromatic carbocycles. The van der Waals surface area contributed by atoms with Gasteiger partial charge in [-0.2, -0.15) is 0 Å². The van der Waals surface area contributed by atoms with E-state index in [0.717, 1.165) is 4.90 Å². The third-order valence-electron chi connectivity index (χ3n) is 3.85. The maximum atomic E-state index is 13.4. The van der Waals surface area contributed by atoms with Gasteiger partial charge in [-0.3, -0.25) is 4.79 Å². The standard InChI is InChI=1S/C17H14F2N2O5S/c18-12-6-13(19)8-14(7-12)27(24,25)20-15(11-4-2-1-3-5-11)9-21-16(22)10-26-17(21)23/h1-8,15,20H,9-10H2. The lowest BCUT2D eigenvalue weighted by atomic mass is 10.1. The maximum absolute atomic E-state index is 13.4. The highest BCUT2D eigenvalue weighted by molar-refractivity contribution is 7.89. The second-order valence-corrected chi connectivity index (χ2v) is 7.46. The number of cyclic esters (lactones) is 1. The molecule has 1 aliphatic rings. The zero-order chi connectivity index (χ0) is 19.6. The molecule has 1 saturated heterocycles. The van der Waals surface area contributed by atoms with Gasteiger partial charge in [0.25, 0.3) is 5.91 Å². The van der Waals surface area contributed by atoms with Crippen molar-refractivity contribution in [3.63, 3.8) is 0 Å². The second kappa shape index (κ2) is 7.41. The summed E-state index contributed by atoms with van der Waals surface area (Å²) >= 11 is 0. The number of halogens is 2. The normalized spacial score (nSPS) is 15.7. The van der Waals surface area contributed by atoms with Crippen molar-refractivity contribution in [3.8, 4) is 0 Å². The van der Waals surface area contributed by atoms with Crippen LogP contribution in [0.25, 0.3) is 0 Å². The molecule has 0 radical (unpaired) electrons. The molecule has 0 spiro atoms. The Labute approximate surface area is 153 Å². The predicted octanol–water partition coefficient (Wildman–Crippen LogP) is 1.96. The van der Waals surface area contributed by atoms with Crippen LogP contribution < -0.4 is 4.72 Å². The highest BCUT2D eigenvalue weighted by Gasteiger charge is 2.34. The number of carbonyl (C=O) groups is 2. The molecule has 1 aliphatic heterocycles. The Kier molecular flexibility index (Phi) is 5.19. The minimum absolute atomic E-state index is 0.335. The van der Waals surface area contributed by atoms with E-state index < -0.39 is 51.2 Å². The van der Waals surface area contributed by atoms with Gasteiger partial charge in [0.1, 0.15) is 11.6 Å². The summed E-state index contributed by atoms with van der Waals surface area (Å²) in [5.41, 5.74) is 0.449. The first kappa shape index (κ1) is 18.9. The SMILES string of the molecule is O=C1COC(=O)N1CC(NS(=O)(=O)c1cc(F)cc(F)c1)c1ccccc1. The Balaban J connectivity index is 1.93. The monoisotopic (exact) mass is 396 g/mol. The lowest BCUT2D eigenvalue weighted by molar-refractivity contribution is -0.126. The van der Waals surface area contributed by atoms with Gasteiger partial charge in [0.2, 0.25) is 10.0 Å². The van der Waals surface area contributed by atoms with Gasteiger partial charge in [0, 0.05) is 6.07 Å². The average Bonchev–Trinajstić information content (AvgIpc) is 2.93. The van der Waals surface area contributed by atoms with E-state index in [1.165, 1.54) is 0 Å².